The van der Waals surface area contributed by atoms with Crippen LogP contribution >= 0.6 is 0 Å². The highest BCUT2D eigenvalue weighted by Crippen LogP contribution is 2.24. The van der Waals surface area contributed by atoms with Gasteiger partial charge in [0, 0.05) is 12.8 Å². The van der Waals surface area contributed by atoms with Gasteiger partial charge in [-0.15, -0.1) is 0 Å². The van der Waals surface area contributed by atoms with Crippen LogP contribution in [0, 0.1) is 6.92 Å². The molecular formula is C9H17F2. The van der Waals surface area contributed by atoms with E-state index in [1.54, 1.807) is 0 Å². The van der Waals surface area contributed by atoms with E-state index in [1.165, 1.54) is 0 Å². The van der Waals surface area contributed by atoms with Crippen LogP contribution in [0.1, 0.15) is 45.4 Å². The minimum Gasteiger partial charge on any atom is -0.207 e. The van der Waals surface area contributed by atoms with E-state index in [0.717, 1.165) is 19.3 Å². The molecule has 0 aromatic heterocycles. The van der Waals surface area contributed by atoms with Gasteiger partial charge in [0.25, 0.3) is 0 Å². The van der Waals surface area contributed by atoms with Crippen molar-refractivity contribution in [2.75, 3.05) is 0 Å². The number of hydrogen-bond acceptors (Lipinski definition) is 0. The predicted octanol–water partition coefficient (Wildman–Crippen LogP) is 3.82. The van der Waals surface area contributed by atoms with Crippen LogP contribution in [0.2, 0.25) is 0 Å². The van der Waals surface area contributed by atoms with E-state index in [4.69, 9.17) is 0 Å². The van der Waals surface area contributed by atoms with Crippen molar-refractivity contribution >= 4 is 0 Å². The summed E-state index contributed by atoms with van der Waals surface area (Å²) in [6.07, 6.45) is 3.46. The molecule has 67 valence electrons. The monoisotopic (exact) mass is 163 g/mol. The van der Waals surface area contributed by atoms with Crippen molar-refractivity contribution in [3.63, 3.8) is 0 Å². The lowest BCUT2D eigenvalue weighted by Crippen LogP contribution is -2.13. The summed E-state index contributed by atoms with van der Waals surface area (Å²) in [5.74, 6) is -2.52. The molecule has 1 radical (unpaired) electrons. The predicted molar refractivity (Wildman–Crippen MR) is 43.7 cm³/mol. The van der Waals surface area contributed by atoms with Crippen molar-refractivity contribution in [2.24, 2.45) is 0 Å². The zero-order valence-corrected chi connectivity index (χ0v) is 7.21. The van der Waals surface area contributed by atoms with Crippen molar-refractivity contribution in [3.8, 4) is 0 Å². The molecular weight excluding hydrogens is 146 g/mol. The Hall–Kier alpha value is -0.140. The lowest BCUT2D eigenvalue weighted by Gasteiger charge is -2.12. The van der Waals surface area contributed by atoms with Gasteiger partial charge < -0.3 is 0 Å². The fourth-order valence-electron chi connectivity index (χ4n) is 0.935. The Morgan fingerprint density at radius 3 is 2.27 bits per heavy atom. The summed E-state index contributed by atoms with van der Waals surface area (Å²) >= 11 is 0. The highest BCUT2D eigenvalue weighted by atomic mass is 19.3. The second-order valence-corrected chi connectivity index (χ2v) is 2.92. The van der Waals surface area contributed by atoms with Crippen LogP contribution in [0.5, 0.6) is 0 Å². The van der Waals surface area contributed by atoms with Crippen LogP contribution in [0.4, 0.5) is 8.78 Å². The number of alkyl halides is 2. The first-order chi connectivity index (χ1) is 5.12. The second-order valence-electron chi connectivity index (χ2n) is 2.92. The average molecular weight is 163 g/mol. The summed E-state index contributed by atoms with van der Waals surface area (Å²) in [6.45, 7) is 5.28. The van der Waals surface area contributed by atoms with E-state index in [0.29, 0.717) is 6.42 Å². The van der Waals surface area contributed by atoms with Crippen molar-refractivity contribution in [2.45, 2.75) is 51.4 Å². The van der Waals surface area contributed by atoms with Gasteiger partial charge in [0.1, 0.15) is 0 Å². The van der Waals surface area contributed by atoms with Gasteiger partial charge in [-0.05, 0) is 13.3 Å². The lowest BCUT2D eigenvalue weighted by molar-refractivity contribution is -0.00750. The standard InChI is InChI=1S/C9H17F2/c1-3-5-6-7-8-9(10,11)4-2/h2-8H2,1H3. The van der Waals surface area contributed by atoms with Crippen LogP contribution in [-0.2, 0) is 0 Å². The average Bonchev–Trinajstić information content (AvgIpc) is 1.99. The fraction of sp³-hybridized carbons (Fsp3) is 0.889. The van der Waals surface area contributed by atoms with E-state index < -0.39 is 5.92 Å². The molecule has 0 aliphatic rings. The Bertz CT molecular complexity index is 89.6. The molecule has 0 spiro atoms. The molecule has 0 unspecified atom stereocenters. The second kappa shape index (κ2) is 5.50. The Labute approximate surface area is 68.0 Å². The maximum absolute atomic E-state index is 12.5. The summed E-state index contributed by atoms with van der Waals surface area (Å²) in [4.78, 5) is 0. The maximum Gasteiger partial charge on any atom is 0.248 e. The molecule has 0 aliphatic carbocycles. The third kappa shape index (κ3) is 6.27. The Morgan fingerprint density at radius 1 is 1.18 bits per heavy atom. The van der Waals surface area contributed by atoms with Crippen molar-refractivity contribution in [1.29, 1.82) is 0 Å². The Morgan fingerprint density at radius 2 is 1.82 bits per heavy atom. The zero-order chi connectivity index (χ0) is 8.74. The smallest absolute Gasteiger partial charge is 0.207 e. The lowest BCUT2D eigenvalue weighted by atomic mass is 10.1. The van der Waals surface area contributed by atoms with Gasteiger partial charge in [-0.3, -0.25) is 0 Å². The molecule has 0 bridgehead atoms. The minimum atomic E-state index is -2.52. The normalized spacial score (nSPS) is 12.0. The highest BCUT2D eigenvalue weighted by Gasteiger charge is 2.24. The molecule has 0 atom stereocenters. The topological polar surface area (TPSA) is 0 Å². The summed E-state index contributed by atoms with van der Waals surface area (Å²) in [5.41, 5.74) is 0. The molecule has 0 aliphatic heterocycles. The molecule has 0 rings (SSSR count). The molecule has 0 amide bonds. The van der Waals surface area contributed by atoms with E-state index >= 15 is 0 Å². The molecule has 0 N–H and O–H groups in total. The van der Waals surface area contributed by atoms with Gasteiger partial charge in [0.2, 0.25) is 5.92 Å². The molecule has 0 fully saturated rings. The van der Waals surface area contributed by atoms with Crippen LogP contribution in [0.25, 0.3) is 0 Å². The first kappa shape index (κ1) is 10.9. The summed E-state index contributed by atoms with van der Waals surface area (Å²) in [7, 11) is 0. The van der Waals surface area contributed by atoms with Crippen molar-refractivity contribution in [3.05, 3.63) is 6.92 Å². The zero-order valence-electron chi connectivity index (χ0n) is 7.21. The van der Waals surface area contributed by atoms with Crippen LogP contribution in [-0.4, -0.2) is 5.92 Å². The van der Waals surface area contributed by atoms with Gasteiger partial charge in [0.05, 0.1) is 0 Å². The quantitative estimate of drug-likeness (QED) is 0.522. The molecule has 0 nitrogen and oxygen atoms in total. The fourth-order valence-corrected chi connectivity index (χ4v) is 0.935. The minimum absolute atomic E-state index is 0.0104. The van der Waals surface area contributed by atoms with E-state index in [9.17, 15) is 8.78 Å². The van der Waals surface area contributed by atoms with Gasteiger partial charge >= 0.3 is 0 Å². The number of rotatable bonds is 6. The van der Waals surface area contributed by atoms with Gasteiger partial charge in [0.15, 0.2) is 0 Å². The molecule has 0 aromatic rings. The summed E-state index contributed by atoms with van der Waals surface area (Å²) in [6, 6.07) is 0. The number of hydrogen-bond donors (Lipinski definition) is 0. The third-order valence-electron chi connectivity index (χ3n) is 1.76. The molecule has 11 heavy (non-hydrogen) atoms. The first-order valence-electron chi connectivity index (χ1n) is 4.29. The summed E-state index contributed by atoms with van der Waals surface area (Å²) in [5, 5.41) is 0. The van der Waals surface area contributed by atoms with Crippen molar-refractivity contribution < 1.29 is 8.78 Å². The van der Waals surface area contributed by atoms with Crippen molar-refractivity contribution in [1.82, 2.24) is 0 Å². The van der Waals surface area contributed by atoms with Gasteiger partial charge in [-0.25, -0.2) is 8.78 Å². The van der Waals surface area contributed by atoms with Gasteiger partial charge in [-0.2, -0.15) is 0 Å². The van der Waals surface area contributed by atoms with E-state index in [1.807, 2.05) is 0 Å². The Balaban J connectivity index is 3.23. The van der Waals surface area contributed by atoms with Crippen LogP contribution < -0.4 is 0 Å². The van der Waals surface area contributed by atoms with Crippen LogP contribution in [0.15, 0.2) is 0 Å². The van der Waals surface area contributed by atoms with Crippen LogP contribution in [0.3, 0.4) is 0 Å². The number of unbranched alkanes of at least 4 members (excludes halogenated alkanes) is 3. The molecule has 0 saturated heterocycles. The largest absolute Gasteiger partial charge is 0.248 e. The third-order valence-corrected chi connectivity index (χ3v) is 1.76. The Kier molecular flexibility index (Phi) is 5.43. The van der Waals surface area contributed by atoms with E-state index in [2.05, 4.69) is 13.8 Å². The maximum atomic E-state index is 12.5. The number of halogens is 2. The van der Waals surface area contributed by atoms with Gasteiger partial charge in [-0.1, -0.05) is 26.2 Å². The summed E-state index contributed by atoms with van der Waals surface area (Å²) < 4.78 is 25.0. The SMILES string of the molecule is [CH2]CC(F)(F)CCCCCC. The molecule has 2 heteroatoms. The molecule has 0 aromatic carbocycles. The molecule has 0 heterocycles. The highest BCUT2D eigenvalue weighted by molar-refractivity contribution is 4.66. The first-order valence-corrected chi connectivity index (χ1v) is 4.29. The molecule has 0 saturated carbocycles. The van der Waals surface area contributed by atoms with E-state index in [-0.39, 0.29) is 12.8 Å².